The number of rotatable bonds is 6. The van der Waals surface area contributed by atoms with Crippen LogP contribution in [0.3, 0.4) is 0 Å². The molecule has 5 amide bonds. The van der Waals surface area contributed by atoms with Gasteiger partial charge in [0, 0.05) is 28.1 Å². The van der Waals surface area contributed by atoms with Gasteiger partial charge in [-0.15, -0.1) is 0 Å². The number of hydrogen-bond donors (Lipinski definition) is 4. The fourth-order valence-electron chi connectivity index (χ4n) is 4.23. The van der Waals surface area contributed by atoms with Crippen LogP contribution in [0.4, 0.5) is 26.7 Å². The van der Waals surface area contributed by atoms with Gasteiger partial charge in [-0.25, -0.2) is 9.59 Å². The van der Waals surface area contributed by atoms with Crippen molar-refractivity contribution in [1.29, 1.82) is 0 Å². The number of hydrogen-bond acceptors (Lipinski definition) is 3. The first kappa shape index (κ1) is 26.0. The van der Waals surface area contributed by atoms with Gasteiger partial charge in [0.2, 0.25) is 5.91 Å². The Labute approximate surface area is 221 Å². The molecule has 4 N–H and O–H groups in total. The number of aryl methyl sites for hydroxylation is 1. The summed E-state index contributed by atoms with van der Waals surface area (Å²) >= 11 is 5.92. The molecule has 1 unspecified atom stereocenters. The minimum absolute atomic E-state index is 0.00994. The zero-order valence-corrected chi connectivity index (χ0v) is 21.5. The largest absolute Gasteiger partial charge is 0.336 e. The van der Waals surface area contributed by atoms with E-state index in [1.54, 1.807) is 35.2 Å². The first-order chi connectivity index (χ1) is 17.8. The van der Waals surface area contributed by atoms with Crippen molar-refractivity contribution in [2.24, 2.45) is 0 Å². The number of halogens is 1. The van der Waals surface area contributed by atoms with E-state index >= 15 is 0 Å². The van der Waals surface area contributed by atoms with Gasteiger partial charge < -0.3 is 26.2 Å². The molecule has 37 heavy (non-hydrogen) atoms. The van der Waals surface area contributed by atoms with Crippen molar-refractivity contribution >= 4 is 46.6 Å². The van der Waals surface area contributed by atoms with E-state index in [1.807, 2.05) is 56.3 Å². The predicted molar refractivity (Wildman–Crippen MR) is 147 cm³/mol. The van der Waals surface area contributed by atoms with E-state index in [0.717, 1.165) is 16.8 Å². The van der Waals surface area contributed by atoms with Crippen molar-refractivity contribution in [3.8, 4) is 0 Å². The van der Waals surface area contributed by atoms with Crippen LogP contribution in [0.15, 0.2) is 72.8 Å². The van der Waals surface area contributed by atoms with Crippen LogP contribution >= 0.6 is 11.6 Å². The topological polar surface area (TPSA) is 103 Å². The summed E-state index contributed by atoms with van der Waals surface area (Å²) in [5.74, 6) is -0.202. The van der Waals surface area contributed by atoms with Gasteiger partial charge in [0.15, 0.2) is 0 Å². The van der Waals surface area contributed by atoms with Crippen LogP contribution in [0.2, 0.25) is 5.02 Å². The van der Waals surface area contributed by atoms with Crippen molar-refractivity contribution in [3.05, 3.63) is 88.9 Å². The van der Waals surface area contributed by atoms with Gasteiger partial charge in [0.25, 0.3) is 0 Å². The van der Waals surface area contributed by atoms with E-state index in [4.69, 9.17) is 11.6 Å². The molecule has 9 heteroatoms. The Kier molecular flexibility index (Phi) is 8.30. The van der Waals surface area contributed by atoms with Gasteiger partial charge in [-0.1, -0.05) is 41.9 Å². The highest BCUT2D eigenvalue weighted by molar-refractivity contribution is 6.30. The molecule has 1 aliphatic rings. The van der Waals surface area contributed by atoms with Crippen LogP contribution in [-0.2, 0) is 17.8 Å². The molecule has 1 heterocycles. The zero-order chi connectivity index (χ0) is 26.4. The third kappa shape index (κ3) is 7.01. The second kappa shape index (κ2) is 11.8. The number of carbonyl (C=O) groups is 3. The average Bonchev–Trinajstić information content (AvgIpc) is 2.97. The number of para-hydroxylation sites is 1. The predicted octanol–water partition coefficient (Wildman–Crippen LogP) is 5.54. The number of amides is 5. The Hall–Kier alpha value is -4.04. The Morgan fingerprint density at radius 2 is 1.68 bits per heavy atom. The maximum atomic E-state index is 13.7. The fraction of sp³-hybridized carbons (Fsp3) is 0.250. The van der Waals surface area contributed by atoms with Crippen LogP contribution in [0.1, 0.15) is 31.4 Å². The number of anilines is 3. The maximum absolute atomic E-state index is 13.7. The summed E-state index contributed by atoms with van der Waals surface area (Å²) < 4.78 is 0. The molecule has 0 spiro atoms. The molecular formula is C28H30ClN5O3. The summed E-state index contributed by atoms with van der Waals surface area (Å²) in [6.07, 6.45) is 1.11. The molecule has 0 saturated carbocycles. The smallest absolute Gasteiger partial charge is 0.319 e. The molecule has 0 fully saturated rings. The normalized spacial score (nSPS) is 15.0. The Morgan fingerprint density at radius 3 is 2.43 bits per heavy atom. The Bertz CT molecular complexity index is 1280. The second-order valence-corrected chi connectivity index (χ2v) is 9.64. The number of carbonyl (C=O) groups excluding carboxylic acids is 3. The lowest BCUT2D eigenvalue weighted by Crippen LogP contribution is -2.49. The third-order valence-electron chi connectivity index (χ3n) is 5.90. The molecular weight excluding hydrogens is 490 g/mol. The SMILES string of the molecule is CC(C)NC(=O)Nc1cccc(CN2C(=O)C(NC(=O)Nc3ccc(Cl)cc3)CCc3ccccc32)c1. The molecule has 1 aliphatic heterocycles. The molecule has 1 atom stereocenters. The molecule has 192 valence electrons. The molecule has 4 rings (SSSR count). The number of urea groups is 2. The quantitative estimate of drug-likeness (QED) is 0.344. The zero-order valence-electron chi connectivity index (χ0n) is 20.8. The molecule has 8 nitrogen and oxygen atoms in total. The lowest BCUT2D eigenvalue weighted by molar-refractivity contribution is -0.120. The number of nitrogens with zero attached hydrogens (tertiary/aromatic N) is 1. The van der Waals surface area contributed by atoms with Crippen LogP contribution in [0.25, 0.3) is 0 Å². The third-order valence-corrected chi connectivity index (χ3v) is 6.15. The first-order valence-corrected chi connectivity index (χ1v) is 12.5. The van der Waals surface area contributed by atoms with E-state index in [9.17, 15) is 14.4 Å². The Balaban J connectivity index is 1.52. The summed E-state index contributed by atoms with van der Waals surface area (Å²) in [5, 5.41) is 11.8. The minimum atomic E-state index is -0.710. The van der Waals surface area contributed by atoms with Gasteiger partial charge in [-0.2, -0.15) is 0 Å². The second-order valence-electron chi connectivity index (χ2n) is 9.20. The summed E-state index contributed by atoms with van der Waals surface area (Å²) in [6.45, 7) is 4.06. The molecule has 0 aliphatic carbocycles. The van der Waals surface area contributed by atoms with Crippen molar-refractivity contribution in [2.75, 3.05) is 15.5 Å². The summed E-state index contributed by atoms with van der Waals surface area (Å²) in [7, 11) is 0. The summed E-state index contributed by atoms with van der Waals surface area (Å²) in [6, 6.07) is 20.4. The van der Waals surface area contributed by atoms with Gasteiger partial charge >= 0.3 is 12.1 Å². The molecule has 3 aromatic carbocycles. The number of benzene rings is 3. The van der Waals surface area contributed by atoms with Crippen molar-refractivity contribution in [3.63, 3.8) is 0 Å². The van der Waals surface area contributed by atoms with Crippen molar-refractivity contribution < 1.29 is 14.4 Å². The van der Waals surface area contributed by atoms with E-state index in [0.29, 0.717) is 29.2 Å². The van der Waals surface area contributed by atoms with Gasteiger partial charge in [-0.3, -0.25) is 4.79 Å². The average molecular weight is 520 g/mol. The lowest BCUT2D eigenvalue weighted by Gasteiger charge is -2.26. The fourth-order valence-corrected chi connectivity index (χ4v) is 4.36. The molecule has 0 bridgehead atoms. The van der Waals surface area contributed by atoms with Crippen LogP contribution in [0, 0.1) is 0 Å². The Morgan fingerprint density at radius 1 is 0.946 bits per heavy atom. The van der Waals surface area contributed by atoms with Gasteiger partial charge in [0.1, 0.15) is 6.04 Å². The highest BCUT2D eigenvalue weighted by atomic mass is 35.5. The molecule has 0 aromatic heterocycles. The van der Waals surface area contributed by atoms with E-state index < -0.39 is 12.1 Å². The van der Waals surface area contributed by atoms with Gasteiger partial charge in [0.05, 0.1) is 6.54 Å². The molecule has 0 saturated heterocycles. The first-order valence-electron chi connectivity index (χ1n) is 12.2. The standard InChI is InChI=1S/C28H30ClN5O3/c1-18(2)30-27(36)32-23-8-5-6-19(16-23)17-34-25-9-4-3-7-20(25)10-15-24(26(34)35)33-28(37)31-22-13-11-21(29)12-14-22/h3-9,11-14,16,18,24H,10,15,17H2,1-2H3,(H2,30,32,36)(H2,31,33,37). The molecule has 3 aromatic rings. The number of fused-ring (bicyclic) bond motifs is 1. The number of nitrogens with one attached hydrogen (secondary N) is 4. The highest BCUT2D eigenvalue weighted by Gasteiger charge is 2.31. The molecule has 0 radical (unpaired) electrons. The van der Waals surface area contributed by atoms with Crippen molar-refractivity contribution in [2.45, 2.75) is 45.3 Å². The summed E-state index contributed by atoms with van der Waals surface area (Å²) in [5.41, 5.74) is 3.89. The van der Waals surface area contributed by atoms with Gasteiger partial charge in [-0.05, 0) is 80.3 Å². The van der Waals surface area contributed by atoms with Crippen molar-refractivity contribution in [1.82, 2.24) is 10.6 Å². The maximum Gasteiger partial charge on any atom is 0.319 e. The highest BCUT2D eigenvalue weighted by Crippen LogP contribution is 2.29. The van der Waals surface area contributed by atoms with E-state index in [2.05, 4.69) is 21.3 Å². The lowest BCUT2D eigenvalue weighted by atomic mass is 10.1. The van der Waals surface area contributed by atoms with E-state index in [-0.39, 0.29) is 24.5 Å². The van der Waals surface area contributed by atoms with E-state index in [1.165, 1.54) is 0 Å². The van der Waals surface area contributed by atoms with Crippen LogP contribution in [0.5, 0.6) is 0 Å². The van der Waals surface area contributed by atoms with Crippen LogP contribution in [-0.4, -0.2) is 30.1 Å². The van der Waals surface area contributed by atoms with Crippen LogP contribution < -0.4 is 26.2 Å². The monoisotopic (exact) mass is 519 g/mol. The minimum Gasteiger partial charge on any atom is -0.336 e. The summed E-state index contributed by atoms with van der Waals surface area (Å²) in [4.78, 5) is 40.3.